The first-order valence-corrected chi connectivity index (χ1v) is 5.88. The Kier molecular flexibility index (Phi) is 4.80. The van der Waals surface area contributed by atoms with Crippen LogP contribution in [0.25, 0.3) is 0 Å². The van der Waals surface area contributed by atoms with Gasteiger partial charge in [0.25, 0.3) is 0 Å². The van der Waals surface area contributed by atoms with Gasteiger partial charge in [-0.3, -0.25) is 0 Å². The molecule has 0 aliphatic heterocycles. The molecule has 1 aromatic carbocycles. The number of hydrogen-bond acceptors (Lipinski definition) is 1. The molecule has 84 valence electrons. The fourth-order valence-corrected chi connectivity index (χ4v) is 2.04. The number of alkyl halides is 4. The Morgan fingerprint density at radius 3 is 2.20 bits per heavy atom. The number of thioether (sulfide) groups is 1. The zero-order valence-electron chi connectivity index (χ0n) is 7.85. The molecular weight excluding hydrogens is 245 g/mol. The molecule has 0 saturated heterocycles. The van der Waals surface area contributed by atoms with Gasteiger partial charge in [-0.1, -0.05) is 12.1 Å². The van der Waals surface area contributed by atoms with E-state index in [1.807, 2.05) is 12.1 Å². The van der Waals surface area contributed by atoms with Gasteiger partial charge in [0.2, 0.25) is 0 Å². The van der Waals surface area contributed by atoms with E-state index in [0.29, 0.717) is 5.88 Å². The van der Waals surface area contributed by atoms with E-state index in [1.54, 1.807) is 12.1 Å². The van der Waals surface area contributed by atoms with Crippen LogP contribution in [0.4, 0.5) is 13.2 Å². The van der Waals surface area contributed by atoms with Crippen LogP contribution >= 0.6 is 23.4 Å². The Hall–Kier alpha value is -0.350. The van der Waals surface area contributed by atoms with Crippen LogP contribution in [0, 0.1) is 0 Å². The zero-order valence-corrected chi connectivity index (χ0v) is 9.42. The topological polar surface area (TPSA) is 0 Å². The summed E-state index contributed by atoms with van der Waals surface area (Å²) in [5.41, 5.74) is 0.969. The summed E-state index contributed by atoms with van der Waals surface area (Å²) in [4.78, 5) is 0.841. The van der Waals surface area contributed by atoms with E-state index in [4.69, 9.17) is 11.6 Å². The maximum Gasteiger partial charge on any atom is 0.389 e. The molecule has 0 saturated carbocycles. The lowest BCUT2D eigenvalue weighted by molar-refractivity contribution is -0.129. The van der Waals surface area contributed by atoms with Gasteiger partial charge in [-0.25, -0.2) is 0 Å². The van der Waals surface area contributed by atoms with Gasteiger partial charge in [0.15, 0.2) is 0 Å². The highest BCUT2D eigenvalue weighted by molar-refractivity contribution is 7.99. The van der Waals surface area contributed by atoms with Crippen molar-refractivity contribution in [2.45, 2.75) is 23.4 Å². The Morgan fingerprint density at radius 2 is 1.73 bits per heavy atom. The molecule has 0 heterocycles. The first kappa shape index (κ1) is 12.7. The van der Waals surface area contributed by atoms with Gasteiger partial charge in [-0.15, -0.1) is 23.4 Å². The maximum absolute atomic E-state index is 11.8. The predicted octanol–water partition coefficient (Wildman–Crippen LogP) is 4.47. The van der Waals surface area contributed by atoms with Crippen molar-refractivity contribution in [3.63, 3.8) is 0 Å². The van der Waals surface area contributed by atoms with Gasteiger partial charge in [0.1, 0.15) is 0 Å². The zero-order chi connectivity index (χ0) is 11.3. The third-order valence-electron chi connectivity index (χ3n) is 1.73. The summed E-state index contributed by atoms with van der Waals surface area (Å²) >= 11 is 6.79. The molecule has 0 N–H and O–H groups in total. The summed E-state index contributed by atoms with van der Waals surface area (Å²) in [6.07, 6.45) is -4.82. The number of benzene rings is 1. The minimum Gasteiger partial charge on any atom is -0.171 e. The van der Waals surface area contributed by atoms with Crippen LogP contribution in [0.1, 0.15) is 12.0 Å². The molecule has 0 radical (unpaired) electrons. The normalized spacial score (nSPS) is 11.7. The summed E-state index contributed by atoms with van der Waals surface area (Å²) in [6, 6.07) is 7.23. The molecule has 0 aliphatic carbocycles. The molecule has 0 atom stereocenters. The molecule has 0 unspecified atom stereocenters. The van der Waals surface area contributed by atoms with Crippen LogP contribution < -0.4 is 0 Å². The van der Waals surface area contributed by atoms with Crippen molar-refractivity contribution in [3.05, 3.63) is 29.8 Å². The molecule has 0 aromatic heterocycles. The van der Waals surface area contributed by atoms with E-state index in [0.717, 1.165) is 10.5 Å². The maximum atomic E-state index is 11.8. The Balaban J connectivity index is 2.38. The average molecular weight is 255 g/mol. The molecular formula is C10H10ClF3S. The summed E-state index contributed by atoms with van der Waals surface area (Å²) in [6.45, 7) is 0. The Morgan fingerprint density at radius 1 is 1.13 bits per heavy atom. The van der Waals surface area contributed by atoms with E-state index in [-0.39, 0.29) is 5.75 Å². The number of hydrogen-bond donors (Lipinski definition) is 0. The van der Waals surface area contributed by atoms with Gasteiger partial charge in [-0.2, -0.15) is 13.2 Å². The highest BCUT2D eigenvalue weighted by atomic mass is 35.5. The number of halogens is 4. The van der Waals surface area contributed by atoms with Gasteiger partial charge in [0.05, 0.1) is 6.42 Å². The van der Waals surface area contributed by atoms with Crippen molar-refractivity contribution < 1.29 is 13.2 Å². The van der Waals surface area contributed by atoms with E-state index in [1.165, 1.54) is 11.8 Å². The van der Waals surface area contributed by atoms with Gasteiger partial charge >= 0.3 is 6.18 Å². The lowest BCUT2D eigenvalue weighted by atomic mass is 10.2. The third-order valence-corrected chi connectivity index (χ3v) is 3.05. The fourth-order valence-electron chi connectivity index (χ4n) is 0.959. The molecule has 15 heavy (non-hydrogen) atoms. The van der Waals surface area contributed by atoms with Crippen LogP contribution in [-0.2, 0) is 5.88 Å². The largest absolute Gasteiger partial charge is 0.389 e. The summed E-state index contributed by atoms with van der Waals surface area (Å²) < 4.78 is 35.5. The Labute approximate surface area is 95.8 Å². The minimum absolute atomic E-state index is 0.0592. The van der Waals surface area contributed by atoms with Crippen LogP contribution in [0.5, 0.6) is 0 Å². The third kappa shape index (κ3) is 5.33. The van der Waals surface area contributed by atoms with Crippen molar-refractivity contribution in [1.82, 2.24) is 0 Å². The van der Waals surface area contributed by atoms with Crippen molar-refractivity contribution in [2.24, 2.45) is 0 Å². The summed E-state index contributed by atoms with van der Waals surface area (Å²) in [5.74, 6) is 0.483. The SMILES string of the molecule is FC(F)(F)CCSc1ccc(CCl)cc1. The van der Waals surface area contributed by atoms with Crippen molar-refractivity contribution in [3.8, 4) is 0 Å². The van der Waals surface area contributed by atoms with Crippen LogP contribution in [0.15, 0.2) is 29.2 Å². The monoisotopic (exact) mass is 254 g/mol. The first-order chi connectivity index (χ1) is 7.01. The molecule has 0 bridgehead atoms. The van der Waals surface area contributed by atoms with Crippen LogP contribution in [0.3, 0.4) is 0 Å². The van der Waals surface area contributed by atoms with Crippen molar-refractivity contribution >= 4 is 23.4 Å². The van der Waals surface area contributed by atoms with Gasteiger partial charge < -0.3 is 0 Å². The van der Waals surface area contributed by atoms with Gasteiger partial charge in [0, 0.05) is 16.5 Å². The minimum atomic E-state index is -4.07. The average Bonchev–Trinajstić information content (AvgIpc) is 2.17. The highest BCUT2D eigenvalue weighted by Crippen LogP contribution is 2.26. The highest BCUT2D eigenvalue weighted by Gasteiger charge is 2.26. The first-order valence-electron chi connectivity index (χ1n) is 4.36. The summed E-state index contributed by atoms with van der Waals surface area (Å²) in [5, 5.41) is 0. The fraction of sp³-hybridized carbons (Fsp3) is 0.400. The quantitative estimate of drug-likeness (QED) is 0.564. The molecule has 0 spiro atoms. The molecule has 0 amide bonds. The van der Waals surface area contributed by atoms with E-state index in [9.17, 15) is 13.2 Å². The molecule has 5 heteroatoms. The van der Waals surface area contributed by atoms with Crippen LogP contribution in [0.2, 0.25) is 0 Å². The smallest absolute Gasteiger partial charge is 0.171 e. The van der Waals surface area contributed by atoms with E-state index in [2.05, 4.69) is 0 Å². The second kappa shape index (κ2) is 5.66. The molecule has 0 fully saturated rings. The Bertz CT molecular complexity index is 295. The van der Waals surface area contributed by atoms with E-state index >= 15 is 0 Å². The standard InChI is InChI=1S/C10H10ClF3S/c11-7-8-1-3-9(4-2-8)15-6-5-10(12,13)14/h1-4H,5-7H2. The molecule has 0 aliphatic rings. The second-order valence-corrected chi connectivity index (χ2v) is 4.43. The lowest BCUT2D eigenvalue weighted by Gasteiger charge is -2.05. The summed E-state index contributed by atoms with van der Waals surface area (Å²) in [7, 11) is 0. The number of rotatable bonds is 4. The second-order valence-electron chi connectivity index (χ2n) is 2.99. The predicted molar refractivity (Wildman–Crippen MR) is 57.4 cm³/mol. The van der Waals surface area contributed by atoms with Gasteiger partial charge in [-0.05, 0) is 17.7 Å². The van der Waals surface area contributed by atoms with E-state index < -0.39 is 12.6 Å². The van der Waals surface area contributed by atoms with Crippen molar-refractivity contribution in [1.29, 1.82) is 0 Å². The molecule has 1 rings (SSSR count). The molecule has 0 nitrogen and oxygen atoms in total. The van der Waals surface area contributed by atoms with Crippen LogP contribution in [-0.4, -0.2) is 11.9 Å². The molecule has 1 aromatic rings. The van der Waals surface area contributed by atoms with Crippen molar-refractivity contribution in [2.75, 3.05) is 5.75 Å². The lowest BCUT2D eigenvalue weighted by Crippen LogP contribution is -2.07.